The maximum absolute atomic E-state index is 14.2. The number of benzene rings is 4. The smallest absolute Gasteiger partial charge is 0.410 e. The number of esters is 1. The molecule has 55 heavy (non-hydrogen) atoms. The van der Waals surface area contributed by atoms with E-state index in [4.69, 9.17) is 32.7 Å². The highest BCUT2D eigenvalue weighted by molar-refractivity contribution is 7.93. The maximum Gasteiger partial charge on any atom is 0.410 e. The molecule has 5 rings (SSSR count). The van der Waals surface area contributed by atoms with E-state index in [-0.39, 0.29) is 45.2 Å². The lowest BCUT2D eigenvalue weighted by molar-refractivity contribution is -0.152. The van der Waals surface area contributed by atoms with Gasteiger partial charge in [0.15, 0.2) is 5.78 Å². The molecule has 1 aliphatic rings. The summed E-state index contributed by atoms with van der Waals surface area (Å²) in [6.07, 6.45) is -0.0906. The second kappa shape index (κ2) is 16.6. The van der Waals surface area contributed by atoms with Crippen LogP contribution in [0.4, 0.5) is 10.5 Å². The third-order valence-corrected chi connectivity index (χ3v) is 10.8. The summed E-state index contributed by atoms with van der Waals surface area (Å²) < 4.78 is 40.4. The number of fused-ring (bicyclic) bond motifs is 1. The van der Waals surface area contributed by atoms with E-state index in [2.05, 4.69) is 0 Å². The number of hydrogen-bond donors (Lipinski definition) is 0. The van der Waals surface area contributed by atoms with Gasteiger partial charge in [0.2, 0.25) is 0 Å². The van der Waals surface area contributed by atoms with Crippen molar-refractivity contribution in [1.82, 2.24) is 9.80 Å². The van der Waals surface area contributed by atoms with Crippen LogP contribution in [0.15, 0.2) is 83.8 Å². The van der Waals surface area contributed by atoms with Crippen LogP contribution in [0.2, 0.25) is 10.0 Å². The Hall–Kier alpha value is -4.65. The van der Waals surface area contributed by atoms with Crippen LogP contribution in [0.3, 0.4) is 0 Å². The minimum Gasteiger partial charge on any atom is -0.459 e. The summed E-state index contributed by atoms with van der Waals surface area (Å²) in [7, 11) is -4.44. The number of hydrogen-bond acceptors (Lipinski definition) is 8. The van der Waals surface area contributed by atoms with Gasteiger partial charge in [-0.3, -0.25) is 18.7 Å². The van der Waals surface area contributed by atoms with Gasteiger partial charge < -0.3 is 19.3 Å². The van der Waals surface area contributed by atoms with Crippen LogP contribution in [-0.2, 0) is 30.7 Å². The Morgan fingerprint density at radius 3 is 1.91 bits per heavy atom. The van der Waals surface area contributed by atoms with Gasteiger partial charge in [-0.25, -0.2) is 13.2 Å². The van der Waals surface area contributed by atoms with Crippen LogP contribution in [0, 0.1) is 0 Å². The lowest BCUT2D eigenvalue weighted by atomic mass is 9.95. The normalized spacial score (nSPS) is 13.7. The number of carbonyl (C=O) groups excluding carboxylic acids is 4. The van der Waals surface area contributed by atoms with Crippen molar-refractivity contribution in [3.05, 3.63) is 106 Å². The SMILES string of the molecule is CC(C)(C)OC(=O)CN(c1cccc2c(C(=O)CCc3ccccc3C(=O)N3CCN(C(=O)OC(C)(C)C)CC3)cccc12)S(=O)(=O)c1cc(Cl)cc(Cl)c1. The molecule has 1 fully saturated rings. The highest BCUT2D eigenvalue weighted by Gasteiger charge is 2.32. The fourth-order valence-corrected chi connectivity index (χ4v) is 8.42. The van der Waals surface area contributed by atoms with Crippen LogP contribution in [0.25, 0.3) is 10.8 Å². The van der Waals surface area contributed by atoms with Crippen LogP contribution in [0.1, 0.15) is 74.2 Å². The number of Topliss-reactive ketones (excluding diaryl/α,β-unsaturated/α-hetero) is 1. The van der Waals surface area contributed by atoms with E-state index in [0.717, 1.165) is 4.31 Å². The van der Waals surface area contributed by atoms with Crippen molar-refractivity contribution >= 4 is 73.4 Å². The first-order valence-corrected chi connectivity index (χ1v) is 20.0. The van der Waals surface area contributed by atoms with Crippen LogP contribution in [-0.4, -0.2) is 85.9 Å². The van der Waals surface area contributed by atoms with Crippen molar-refractivity contribution in [3.63, 3.8) is 0 Å². The van der Waals surface area contributed by atoms with Crippen LogP contribution < -0.4 is 4.31 Å². The van der Waals surface area contributed by atoms with Crippen LogP contribution >= 0.6 is 23.2 Å². The predicted molar refractivity (Wildman–Crippen MR) is 214 cm³/mol. The monoisotopic (exact) mass is 809 g/mol. The van der Waals surface area contributed by atoms with Gasteiger partial charge in [-0.2, -0.15) is 0 Å². The molecule has 0 saturated carbocycles. The molecule has 0 atom stereocenters. The number of sulfonamides is 1. The fraction of sp³-hybridized carbons (Fsp3) is 0.366. The summed E-state index contributed by atoms with van der Waals surface area (Å²) in [6.45, 7) is 11.2. The van der Waals surface area contributed by atoms with Gasteiger partial charge in [-0.1, -0.05) is 71.7 Å². The topological polar surface area (TPSA) is 131 Å². The van der Waals surface area contributed by atoms with E-state index in [1.165, 1.54) is 18.2 Å². The Bertz CT molecular complexity index is 2200. The van der Waals surface area contributed by atoms with Crippen molar-refractivity contribution in [2.45, 2.75) is 70.5 Å². The molecule has 14 heteroatoms. The van der Waals surface area contributed by atoms with Crippen molar-refractivity contribution in [2.24, 2.45) is 0 Å². The molecule has 0 aliphatic carbocycles. The Labute approximate surface area is 332 Å². The number of ketones is 1. The van der Waals surface area contributed by atoms with E-state index in [1.54, 1.807) is 99.9 Å². The van der Waals surface area contributed by atoms with E-state index in [0.29, 0.717) is 53.6 Å². The minimum atomic E-state index is -4.44. The van der Waals surface area contributed by atoms with Gasteiger partial charge in [0.1, 0.15) is 17.7 Å². The molecule has 11 nitrogen and oxygen atoms in total. The fourth-order valence-electron chi connectivity index (χ4n) is 6.27. The molecule has 292 valence electrons. The number of carbonyl (C=O) groups is 4. The van der Waals surface area contributed by atoms with Gasteiger partial charge in [0.25, 0.3) is 15.9 Å². The zero-order valence-corrected chi connectivity index (χ0v) is 34.1. The van der Waals surface area contributed by atoms with Gasteiger partial charge in [-0.15, -0.1) is 0 Å². The van der Waals surface area contributed by atoms with Crippen molar-refractivity contribution in [3.8, 4) is 0 Å². The Morgan fingerprint density at radius 2 is 1.27 bits per heavy atom. The highest BCUT2D eigenvalue weighted by atomic mass is 35.5. The van der Waals surface area contributed by atoms with E-state index in [9.17, 15) is 27.6 Å². The molecule has 4 aromatic rings. The number of nitrogens with zero attached hydrogens (tertiary/aromatic N) is 3. The molecule has 1 saturated heterocycles. The standard InChI is InChI=1S/C41H45Cl2N3O8S/c1-40(2,3)53-37(48)26-46(55(51,52)30-24-28(42)23-29(43)25-30)35-16-10-13-32-33(35)14-9-15-34(32)36(47)18-17-27-11-7-8-12-31(27)38(49)44-19-21-45(22-20-44)39(50)54-41(4,5)6/h7-16,23-25H,17-22,26H2,1-6H3. The Morgan fingerprint density at radius 1 is 0.709 bits per heavy atom. The van der Waals surface area contributed by atoms with E-state index < -0.39 is 39.8 Å². The summed E-state index contributed by atoms with van der Waals surface area (Å²) in [6, 6.07) is 20.9. The number of rotatable bonds is 10. The molecule has 0 spiro atoms. The Balaban J connectivity index is 1.40. The van der Waals surface area contributed by atoms with Crippen molar-refractivity contribution in [1.29, 1.82) is 0 Å². The third-order valence-electron chi connectivity index (χ3n) is 8.67. The van der Waals surface area contributed by atoms with Gasteiger partial charge in [0, 0.05) is 59.2 Å². The maximum atomic E-state index is 14.2. The second-order valence-corrected chi connectivity index (χ2v) is 18.0. The lowest BCUT2D eigenvalue weighted by Gasteiger charge is -2.35. The average Bonchev–Trinajstić information content (AvgIpc) is 3.10. The molecule has 0 bridgehead atoms. The molecular formula is C41H45Cl2N3O8S. The second-order valence-electron chi connectivity index (χ2n) is 15.2. The van der Waals surface area contributed by atoms with Gasteiger partial charge in [0.05, 0.1) is 10.6 Å². The third kappa shape index (κ3) is 10.4. The molecule has 2 amide bonds. The number of ether oxygens (including phenoxy) is 2. The quantitative estimate of drug-likeness (QED) is 0.116. The first kappa shape index (κ1) is 41.5. The van der Waals surface area contributed by atoms with Gasteiger partial charge in [-0.05, 0) is 89.2 Å². The van der Waals surface area contributed by atoms with Crippen molar-refractivity contribution in [2.75, 3.05) is 37.0 Å². The molecule has 1 aliphatic heterocycles. The largest absolute Gasteiger partial charge is 0.459 e. The first-order chi connectivity index (χ1) is 25.7. The summed E-state index contributed by atoms with van der Waals surface area (Å²) in [5, 5.41) is 1.08. The molecule has 4 aromatic carbocycles. The highest BCUT2D eigenvalue weighted by Crippen LogP contribution is 2.35. The zero-order valence-electron chi connectivity index (χ0n) is 31.7. The van der Waals surface area contributed by atoms with E-state index >= 15 is 0 Å². The summed E-state index contributed by atoms with van der Waals surface area (Å²) in [5.41, 5.74) is 0.171. The Kier molecular flexibility index (Phi) is 12.5. The van der Waals surface area contributed by atoms with Crippen LogP contribution in [0.5, 0.6) is 0 Å². The molecule has 0 radical (unpaired) electrons. The zero-order chi connectivity index (χ0) is 40.3. The number of amides is 2. The predicted octanol–water partition coefficient (Wildman–Crippen LogP) is 8.19. The molecular weight excluding hydrogens is 765 g/mol. The van der Waals surface area contributed by atoms with Crippen molar-refractivity contribution < 1.29 is 37.1 Å². The summed E-state index contributed by atoms with van der Waals surface area (Å²) in [4.78, 5) is 56.4. The summed E-state index contributed by atoms with van der Waals surface area (Å²) in [5.74, 6) is -1.19. The summed E-state index contributed by atoms with van der Waals surface area (Å²) >= 11 is 12.4. The molecule has 0 unspecified atom stereocenters. The number of piperazine rings is 1. The molecule has 1 heterocycles. The average molecular weight is 811 g/mol. The van der Waals surface area contributed by atoms with E-state index in [1.807, 2.05) is 12.1 Å². The molecule has 0 aromatic heterocycles. The van der Waals surface area contributed by atoms with Gasteiger partial charge >= 0.3 is 12.1 Å². The number of halogens is 2. The number of aryl methyl sites for hydroxylation is 1. The first-order valence-electron chi connectivity index (χ1n) is 17.8. The number of anilines is 1. The molecule has 0 N–H and O–H groups in total. The minimum absolute atomic E-state index is 0.0565. The lowest BCUT2D eigenvalue weighted by Crippen LogP contribution is -2.51.